The van der Waals surface area contributed by atoms with E-state index in [0.29, 0.717) is 16.4 Å². The Balaban J connectivity index is 1.23. The van der Waals surface area contributed by atoms with Crippen molar-refractivity contribution in [3.8, 4) is 22.3 Å². The minimum absolute atomic E-state index is 0.178. The van der Waals surface area contributed by atoms with Crippen LogP contribution in [0, 0.1) is 6.92 Å². The number of esters is 1. The highest BCUT2D eigenvalue weighted by Gasteiger charge is 2.24. The maximum absolute atomic E-state index is 13.2. The van der Waals surface area contributed by atoms with Gasteiger partial charge in [0.1, 0.15) is 26.2 Å². The Kier molecular flexibility index (Phi) is 8.18. The third-order valence-corrected chi connectivity index (χ3v) is 10.1. The number of carbonyl (C=O) groups excluding carboxylic acids is 2. The lowest BCUT2D eigenvalue weighted by Crippen LogP contribution is -2.16. The number of nitrogens with zero attached hydrogens (tertiary/aromatic N) is 2. The van der Waals surface area contributed by atoms with Crippen molar-refractivity contribution in [1.29, 1.82) is 0 Å². The van der Waals surface area contributed by atoms with Crippen LogP contribution >= 0.6 is 34.4 Å². The van der Waals surface area contributed by atoms with Crippen molar-refractivity contribution in [2.24, 2.45) is 0 Å². The summed E-state index contributed by atoms with van der Waals surface area (Å²) in [5.41, 5.74) is 5.59. The number of hydrogen-bond acceptors (Lipinski definition) is 8. The number of amides is 1. The molecule has 0 radical (unpaired) electrons. The molecule has 208 valence electrons. The monoisotopic (exact) mass is 599 g/mol. The molecule has 0 saturated heterocycles. The molecule has 3 aromatic heterocycles. The molecule has 0 saturated carbocycles. The lowest BCUT2D eigenvalue weighted by molar-refractivity contribution is -0.113. The molecule has 41 heavy (non-hydrogen) atoms. The second kappa shape index (κ2) is 12.1. The van der Waals surface area contributed by atoms with Crippen LogP contribution in [0.15, 0.2) is 65.0 Å². The normalized spacial score (nSPS) is 12.7. The summed E-state index contributed by atoms with van der Waals surface area (Å²) in [5, 5.41) is 7.35. The SMILES string of the molecule is CCOC(=O)c1c(-c2ccc(-c3ccccc3)cc2)csc1NC(=O)CSc1nc(C)nc2sc3c(c12)CCCC3. The molecule has 5 aromatic rings. The van der Waals surface area contributed by atoms with Gasteiger partial charge in [-0.15, -0.1) is 22.7 Å². The number of aryl methyl sites for hydroxylation is 3. The molecule has 0 unspecified atom stereocenters. The number of benzene rings is 2. The van der Waals surface area contributed by atoms with Crippen LogP contribution < -0.4 is 5.32 Å². The van der Waals surface area contributed by atoms with E-state index in [2.05, 4.69) is 22.4 Å². The molecule has 6 nitrogen and oxygen atoms in total. The van der Waals surface area contributed by atoms with Crippen molar-refractivity contribution in [1.82, 2.24) is 9.97 Å². The summed E-state index contributed by atoms with van der Waals surface area (Å²) in [6, 6.07) is 18.2. The Hall–Kier alpha value is -3.53. The fourth-order valence-electron chi connectivity index (χ4n) is 5.17. The Labute approximate surface area is 251 Å². The van der Waals surface area contributed by atoms with Gasteiger partial charge in [0, 0.05) is 21.2 Å². The van der Waals surface area contributed by atoms with E-state index in [1.54, 1.807) is 18.3 Å². The number of hydrogen-bond donors (Lipinski definition) is 1. The summed E-state index contributed by atoms with van der Waals surface area (Å²) in [4.78, 5) is 38.1. The summed E-state index contributed by atoms with van der Waals surface area (Å²) in [5.74, 6) is 0.251. The van der Waals surface area contributed by atoms with Crippen LogP contribution in [0.25, 0.3) is 32.5 Å². The number of anilines is 1. The van der Waals surface area contributed by atoms with E-state index in [1.807, 2.05) is 54.8 Å². The second-order valence-corrected chi connectivity index (χ2v) is 12.7. The fourth-order valence-corrected chi connectivity index (χ4v) is 8.41. The molecule has 0 fully saturated rings. The average Bonchev–Trinajstić information content (AvgIpc) is 3.58. The molecule has 9 heteroatoms. The van der Waals surface area contributed by atoms with Gasteiger partial charge in [-0.25, -0.2) is 14.8 Å². The molecule has 0 spiro atoms. The van der Waals surface area contributed by atoms with Gasteiger partial charge in [0.2, 0.25) is 5.91 Å². The zero-order valence-electron chi connectivity index (χ0n) is 22.9. The molecule has 1 aliphatic carbocycles. The molecule has 1 aliphatic rings. The highest BCUT2D eigenvalue weighted by atomic mass is 32.2. The van der Waals surface area contributed by atoms with E-state index in [9.17, 15) is 9.59 Å². The quantitative estimate of drug-likeness (QED) is 0.110. The maximum atomic E-state index is 13.2. The van der Waals surface area contributed by atoms with Crippen LogP contribution in [0.3, 0.4) is 0 Å². The molecule has 2 aromatic carbocycles. The summed E-state index contributed by atoms with van der Waals surface area (Å²) < 4.78 is 5.39. The zero-order valence-corrected chi connectivity index (χ0v) is 25.3. The highest BCUT2D eigenvalue weighted by molar-refractivity contribution is 8.00. The standard InChI is InChI=1S/C32H29N3O3S3/c1-3-38-32(37)28-24(22-15-13-21(14-16-22)20-9-5-4-6-10-20)17-39-30(28)35-26(36)18-40-29-27-23-11-7-8-12-25(23)41-31(27)34-19(2)33-29/h4-6,9-10,13-17H,3,7-8,11-12,18H2,1-2H3,(H,35,36). The second-order valence-electron chi connectivity index (χ2n) is 9.82. The van der Waals surface area contributed by atoms with E-state index in [4.69, 9.17) is 9.72 Å². The van der Waals surface area contributed by atoms with Gasteiger partial charge in [-0.2, -0.15) is 0 Å². The summed E-state index contributed by atoms with van der Waals surface area (Å²) in [6.45, 7) is 3.92. The third-order valence-electron chi connectivity index (χ3n) is 7.06. The maximum Gasteiger partial charge on any atom is 0.341 e. The first kappa shape index (κ1) is 27.6. The highest BCUT2D eigenvalue weighted by Crippen LogP contribution is 2.40. The van der Waals surface area contributed by atoms with Crippen LogP contribution in [0.1, 0.15) is 46.4 Å². The summed E-state index contributed by atoms with van der Waals surface area (Å²) in [7, 11) is 0. The van der Waals surface area contributed by atoms with E-state index in [-0.39, 0.29) is 18.3 Å². The van der Waals surface area contributed by atoms with Crippen molar-refractivity contribution < 1.29 is 14.3 Å². The van der Waals surface area contributed by atoms with Gasteiger partial charge in [-0.1, -0.05) is 66.4 Å². The first-order valence-electron chi connectivity index (χ1n) is 13.7. The third kappa shape index (κ3) is 5.80. The Morgan fingerprint density at radius 3 is 2.49 bits per heavy atom. The molecule has 0 bridgehead atoms. The summed E-state index contributed by atoms with van der Waals surface area (Å²) >= 11 is 4.52. The average molecular weight is 600 g/mol. The van der Waals surface area contributed by atoms with Gasteiger partial charge in [0.25, 0.3) is 0 Å². The van der Waals surface area contributed by atoms with E-state index in [0.717, 1.165) is 50.3 Å². The van der Waals surface area contributed by atoms with Gasteiger partial charge in [-0.3, -0.25) is 4.79 Å². The topological polar surface area (TPSA) is 81.2 Å². The van der Waals surface area contributed by atoms with E-state index >= 15 is 0 Å². The van der Waals surface area contributed by atoms with Gasteiger partial charge in [0.05, 0.1) is 12.4 Å². The van der Waals surface area contributed by atoms with E-state index < -0.39 is 5.97 Å². The molecule has 6 rings (SSSR count). The molecule has 1 amide bonds. The fraction of sp³-hybridized carbons (Fsp3) is 0.250. The number of nitrogens with one attached hydrogen (secondary N) is 1. The predicted molar refractivity (Wildman–Crippen MR) is 169 cm³/mol. The van der Waals surface area contributed by atoms with Crippen LogP contribution in [0.2, 0.25) is 0 Å². The largest absolute Gasteiger partial charge is 0.462 e. The lowest BCUT2D eigenvalue weighted by atomic mass is 9.97. The number of thioether (sulfide) groups is 1. The van der Waals surface area contributed by atoms with Crippen LogP contribution in [-0.4, -0.2) is 34.2 Å². The number of fused-ring (bicyclic) bond motifs is 3. The van der Waals surface area contributed by atoms with Crippen molar-refractivity contribution >= 4 is 61.5 Å². The van der Waals surface area contributed by atoms with Crippen molar-refractivity contribution in [2.45, 2.75) is 44.6 Å². The Bertz CT molecular complexity index is 1730. The Morgan fingerprint density at radius 1 is 0.976 bits per heavy atom. The molecular weight excluding hydrogens is 571 g/mol. The zero-order chi connectivity index (χ0) is 28.3. The van der Waals surface area contributed by atoms with E-state index in [1.165, 1.54) is 46.4 Å². The lowest BCUT2D eigenvalue weighted by Gasteiger charge is -2.12. The van der Waals surface area contributed by atoms with Gasteiger partial charge in [-0.05, 0) is 61.8 Å². The van der Waals surface area contributed by atoms with Crippen molar-refractivity contribution in [3.05, 3.63) is 81.8 Å². The van der Waals surface area contributed by atoms with Crippen molar-refractivity contribution in [3.63, 3.8) is 0 Å². The molecule has 1 N–H and O–H groups in total. The molecular formula is C32H29N3O3S3. The van der Waals surface area contributed by atoms with Gasteiger partial charge < -0.3 is 10.1 Å². The number of thiophene rings is 2. The predicted octanol–water partition coefficient (Wildman–Crippen LogP) is 8.18. The first-order valence-corrected chi connectivity index (χ1v) is 16.4. The Morgan fingerprint density at radius 2 is 1.71 bits per heavy atom. The van der Waals surface area contributed by atoms with Gasteiger partial charge >= 0.3 is 5.97 Å². The molecule has 0 atom stereocenters. The van der Waals surface area contributed by atoms with Crippen LogP contribution in [0.5, 0.6) is 0 Å². The van der Waals surface area contributed by atoms with Crippen molar-refractivity contribution in [2.75, 3.05) is 17.7 Å². The number of ether oxygens (including phenoxy) is 1. The minimum Gasteiger partial charge on any atom is -0.462 e. The minimum atomic E-state index is -0.447. The number of rotatable bonds is 8. The van der Waals surface area contributed by atoms with Crippen LogP contribution in [0.4, 0.5) is 5.00 Å². The summed E-state index contributed by atoms with van der Waals surface area (Å²) in [6.07, 6.45) is 4.50. The number of aromatic nitrogens is 2. The van der Waals surface area contributed by atoms with Crippen LogP contribution in [-0.2, 0) is 22.4 Å². The first-order chi connectivity index (χ1) is 20.0. The number of carbonyl (C=O) groups is 2. The molecule has 0 aliphatic heterocycles. The molecule has 3 heterocycles. The smallest absolute Gasteiger partial charge is 0.341 e. The van der Waals surface area contributed by atoms with Gasteiger partial charge in [0.15, 0.2) is 0 Å².